The van der Waals surface area contributed by atoms with E-state index < -0.39 is 0 Å². The minimum atomic E-state index is 0.0796. The lowest BCUT2D eigenvalue weighted by molar-refractivity contribution is -0.126. The zero-order valence-electron chi connectivity index (χ0n) is 14.2. The van der Waals surface area contributed by atoms with Crippen LogP contribution in [0, 0.1) is 0 Å². The van der Waals surface area contributed by atoms with E-state index in [1.165, 1.54) is 0 Å². The Kier molecular flexibility index (Phi) is 3.76. The standard InChI is InChI=1S/C18H19N5O2/c1-21-12-14(11-16(21)24)23-10-8-20-18(23)17-19-7-9-22(17)13-3-5-15(25-2)6-4-13/h3-10,14H,11-12H2,1-2H3. The van der Waals surface area contributed by atoms with Crippen LogP contribution in [0.3, 0.4) is 0 Å². The van der Waals surface area contributed by atoms with Crippen molar-refractivity contribution >= 4 is 5.91 Å². The number of imidazole rings is 2. The Bertz CT molecular complexity index is 896. The molecule has 1 atom stereocenters. The van der Waals surface area contributed by atoms with Crippen LogP contribution in [-0.4, -0.2) is 50.6 Å². The normalized spacial score (nSPS) is 17.3. The molecule has 0 bridgehead atoms. The zero-order valence-corrected chi connectivity index (χ0v) is 14.2. The Balaban J connectivity index is 1.72. The van der Waals surface area contributed by atoms with Gasteiger partial charge in [-0.25, -0.2) is 9.97 Å². The Morgan fingerprint density at radius 1 is 1.08 bits per heavy atom. The highest BCUT2D eigenvalue weighted by atomic mass is 16.5. The number of amides is 1. The van der Waals surface area contributed by atoms with Crippen LogP contribution >= 0.6 is 0 Å². The number of aromatic nitrogens is 4. The molecule has 3 heterocycles. The number of methoxy groups -OCH3 is 1. The smallest absolute Gasteiger partial charge is 0.224 e. The van der Waals surface area contributed by atoms with Gasteiger partial charge in [-0.05, 0) is 24.3 Å². The molecule has 4 rings (SSSR count). The van der Waals surface area contributed by atoms with Crippen LogP contribution in [0.15, 0.2) is 49.1 Å². The highest BCUT2D eigenvalue weighted by Crippen LogP contribution is 2.28. The summed E-state index contributed by atoms with van der Waals surface area (Å²) in [5.41, 5.74) is 0.975. The van der Waals surface area contributed by atoms with Gasteiger partial charge >= 0.3 is 0 Å². The predicted molar refractivity (Wildman–Crippen MR) is 92.6 cm³/mol. The first-order valence-corrected chi connectivity index (χ1v) is 8.12. The molecule has 0 aliphatic carbocycles. The molecule has 1 amide bonds. The highest BCUT2D eigenvalue weighted by Gasteiger charge is 2.30. The summed E-state index contributed by atoms with van der Waals surface area (Å²) in [7, 11) is 3.48. The number of benzene rings is 1. The summed E-state index contributed by atoms with van der Waals surface area (Å²) in [6.07, 6.45) is 7.82. The third-order valence-corrected chi connectivity index (χ3v) is 4.57. The second kappa shape index (κ2) is 6.08. The minimum Gasteiger partial charge on any atom is -0.497 e. The topological polar surface area (TPSA) is 65.2 Å². The number of ether oxygens (including phenoxy) is 1. The molecular formula is C18H19N5O2. The van der Waals surface area contributed by atoms with Crippen molar-refractivity contribution in [3.05, 3.63) is 49.1 Å². The summed E-state index contributed by atoms with van der Waals surface area (Å²) in [6.45, 7) is 0.686. The molecule has 1 saturated heterocycles. The Labute approximate surface area is 145 Å². The molecule has 1 aliphatic heterocycles. The van der Waals surface area contributed by atoms with E-state index in [0.717, 1.165) is 23.1 Å². The summed E-state index contributed by atoms with van der Waals surface area (Å²) in [6, 6.07) is 7.86. The lowest BCUT2D eigenvalue weighted by Gasteiger charge is -2.15. The quantitative estimate of drug-likeness (QED) is 0.732. The van der Waals surface area contributed by atoms with Crippen molar-refractivity contribution in [1.82, 2.24) is 24.0 Å². The fourth-order valence-corrected chi connectivity index (χ4v) is 3.23. The Morgan fingerprint density at radius 3 is 2.48 bits per heavy atom. The summed E-state index contributed by atoms with van der Waals surface area (Å²) < 4.78 is 9.25. The molecule has 3 aromatic rings. The number of hydrogen-bond acceptors (Lipinski definition) is 4. The highest BCUT2D eigenvalue weighted by molar-refractivity contribution is 5.78. The average molecular weight is 337 g/mol. The van der Waals surface area contributed by atoms with Crippen LogP contribution < -0.4 is 4.74 Å². The van der Waals surface area contributed by atoms with Crippen LogP contribution in [0.4, 0.5) is 0 Å². The fourth-order valence-electron chi connectivity index (χ4n) is 3.23. The van der Waals surface area contributed by atoms with Gasteiger partial charge in [0.1, 0.15) is 5.75 Å². The molecule has 7 heteroatoms. The van der Waals surface area contributed by atoms with Gasteiger partial charge in [0.2, 0.25) is 5.91 Å². The number of carbonyl (C=O) groups is 1. The summed E-state index contributed by atoms with van der Waals surface area (Å²) in [4.78, 5) is 22.6. The summed E-state index contributed by atoms with van der Waals surface area (Å²) in [5, 5.41) is 0. The first-order chi connectivity index (χ1) is 12.2. The lowest BCUT2D eigenvalue weighted by atomic mass is 10.2. The second-order valence-corrected chi connectivity index (χ2v) is 6.11. The maximum Gasteiger partial charge on any atom is 0.224 e. The van der Waals surface area contributed by atoms with Gasteiger partial charge in [-0.3, -0.25) is 9.36 Å². The molecule has 128 valence electrons. The SMILES string of the molecule is COc1ccc(-n2ccnc2-c2nccn2C2CC(=O)N(C)C2)cc1. The fraction of sp³-hybridized carbons (Fsp3) is 0.278. The zero-order chi connectivity index (χ0) is 17.4. The van der Waals surface area contributed by atoms with E-state index in [2.05, 4.69) is 9.97 Å². The second-order valence-electron chi connectivity index (χ2n) is 6.11. The molecule has 0 radical (unpaired) electrons. The molecule has 1 unspecified atom stereocenters. The molecule has 25 heavy (non-hydrogen) atoms. The van der Waals surface area contributed by atoms with E-state index in [4.69, 9.17) is 4.74 Å². The van der Waals surface area contributed by atoms with Crippen LogP contribution in [-0.2, 0) is 4.79 Å². The average Bonchev–Trinajstić information content (AvgIpc) is 3.35. The van der Waals surface area contributed by atoms with Gasteiger partial charge in [-0.1, -0.05) is 0 Å². The van der Waals surface area contributed by atoms with Gasteiger partial charge in [0.15, 0.2) is 11.6 Å². The van der Waals surface area contributed by atoms with E-state index in [9.17, 15) is 4.79 Å². The van der Waals surface area contributed by atoms with Crippen molar-refractivity contribution in [3.63, 3.8) is 0 Å². The van der Waals surface area contributed by atoms with Gasteiger partial charge in [0, 0.05) is 50.5 Å². The maximum atomic E-state index is 11.9. The van der Waals surface area contributed by atoms with Crippen molar-refractivity contribution in [2.24, 2.45) is 0 Å². The molecule has 1 fully saturated rings. The first kappa shape index (κ1) is 15.4. The van der Waals surface area contributed by atoms with E-state index in [1.54, 1.807) is 24.4 Å². The molecule has 2 aromatic heterocycles. The van der Waals surface area contributed by atoms with E-state index in [1.807, 2.05) is 52.8 Å². The molecule has 0 spiro atoms. The predicted octanol–water partition coefficient (Wildman–Crippen LogP) is 2.15. The molecule has 7 nitrogen and oxygen atoms in total. The van der Waals surface area contributed by atoms with Crippen molar-refractivity contribution in [2.45, 2.75) is 12.5 Å². The molecule has 0 saturated carbocycles. The number of hydrogen-bond donors (Lipinski definition) is 0. The largest absolute Gasteiger partial charge is 0.497 e. The molecule has 0 N–H and O–H groups in total. The number of nitrogens with zero attached hydrogens (tertiary/aromatic N) is 5. The Hall–Kier alpha value is -3.09. The first-order valence-electron chi connectivity index (χ1n) is 8.12. The third-order valence-electron chi connectivity index (χ3n) is 4.57. The van der Waals surface area contributed by atoms with Crippen molar-refractivity contribution in [3.8, 4) is 23.1 Å². The van der Waals surface area contributed by atoms with E-state index in [-0.39, 0.29) is 11.9 Å². The van der Waals surface area contributed by atoms with E-state index in [0.29, 0.717) is 13.0 Å². The van der Waals surface area contributed by atoms with Crippen LogP contribution in [0.5, 0.6) is 5.75 Å². The van der Waals surface area contributed by atoms with Gasteiger partial charge in [0.25, 0.3) is 0 Å². The lowest BCUT2D eigenvalue weighted by Crippen LogP contribution is -2.20. The minimum absolute atomic E-state index is 0.0796. The number of likely N-dealkylation sites (tertiary alicyclic amines) is 1. The monoisotopic (exact) mass is 337 g/mol. The Morgan fingerprint density at radius 2 is 1.80 bits per heavy atom. The maximum absolute atomic E-state index is 11.9. The van der Waals surface area contributed by atoms with Crippen LogP contribution in [0.2, 0.25) is 0 Å². The molecule has 1 aliphatic rings. The number of likely N-dealkylation sites (N-methyl/N-ethyl adjacent to an activating group) is 1. The van der Waals surface area contributed by atoms with E-state index >= 15 is 0 Å². The van der Waals surface area contributed by atoms with Gasteiger partial charge in [-0.2, -0.15) is 0 Å². The molecule has 1 aromatic carbocycles. The summed E-state index contributed by atoms with van der Waals surface area (Å²) in [5.74, 6) is 2.47. The number of rotatable bonds is 4. The third kappa shape index (κ3) is 2.67. The summed E-state index contributed by atoms with van der Waals surface area (Å²) >= 11 is 0. The van der Waals surface area contributed by atoms with Gasteiger partial charge in [0.05, 0.1) is 13.2 Å². The van der Waals surface area contributed by atoms with Gasteiger partial charge < -0.3 is 14.2 Å². The number of carbonyl (C=O) groups excluding carboxylic acids is 1. The molecular weight excluding hydrogens is 318 g/mol. The van der Waals surface area contributed by atoms with Gasteiger partial charge in [-0.15, -0.1) is 0 Å². The van der Waals surface area contributed by atoms with Crippen LogP contribution in [0.25, 0.3) is 17.3 Å². The van der Waals surface area contributed by atoms with Crippen molar-refractivity contribution in [1.29, 1.82) is 0 Å². The van der Waals surface area contributed by atoms with Crippen molar-refractivity contribution in [2.75, 3.05) is 20.7 Å². The van der Waals surface area contributed by atoms with Crippen molar-refractivity contribution < 1.29 is 9.53 Å². The van der Waals surface area contributed by atoms with Crippen LogP contribution in [0.1, 0.15) is 12.5 Å².